The van der Waals surface area contributed by atoms with Crippen LogP contribution in [0.2, 0.25) is 0 Å². The zero-order chi connectivity index (χ0) is 19.2. The van der Waals surface area contributed by atoms with E-state index in [9.17, 15) is 9.59 Å². The van der Waals surface area contributed by atoms with E-state index in [4.69, 9.17) is 4.74 Å². The molecule has 0 aliphatic carbocycles. The van der Waals surface area contributed by atoms with Crippen LogP contribution in [0.1, 0.15) is 19.4 Å². The lowest BCUT2D eigenvalue weighted by Gasteiger charge is -2.17. The molecule has 0 radical (unpaired) electrons. The number of benzene rings is 2. The van der Waals surface area contributed by atoms with E-state index >= 15 is 0 Å². The summed E-state index contributed by atoms with van der Waals surface area (Å²) in [6.45, 7) is 1.85. The fourth-order valence-corrected chi connectivity index (χ4v) is 2.81. The van der Waals surface area contributed by atoms with Gasteiger partial charge in [-0.1, -0.05) is 43.3 Å². The predicted octanol–water partition coefficient (Wildman–Crippen LogP) is 3.51. The number of hydrogen-bond acceptors (Lipinski definition) is 4. The summed E-state index contributed by atoms with van der Waals surface area (Å²) in [7, 11) is 1.56. The Morgan fingerprint density at radius 1 is 1.11 bits per heavy atom. The van der Waals surface area contributed by atoms with Crippen molar-refractivity contribution < 1.29 is 9.53 Å². The number of anilines is 1. The molecule has 1 heterocycles. The van der Waals surface area contributed by atoms with E-state index in [2.05, 4.69) is 10.4 Å². The van der Waals surface area contributed by atoms with Crippen molar-refractivity contribution in [2.75, 3.05) is 12.4 Å². The number of hydrogen-bond donors (Lipinski definition) is 1. The van der Waals surface area contributed by atoms with Gasteiger partial charge in [0.05, 0.1) is 12.8 Å². The predicted molar refractivity (Wildman–Crippen MR) is 105 cm³/mol. The van der Waals surface area contributed by atoms with Crippen molar-refractivity contribution in [3.05, 3.63) is 77.1 Å². The van der Waals surface area contributed by atoms with Crippen LogP contribution in [0.3, 0.4) is 0 Å². The number of nitrogens with zero attached hydrogens (tertiary/aromatic N) is 2. The SMILES string of the molecule is CC[C@@H](C(=O)Nc1cccc(OC)c1)n1nc(-c2ccccc2)ccc1=O. The van der Waals surface area contributed by atoms with Gasteiger partial charge in [0, 0.05) is 23.4 Å². The first-order valence-corrected chi connectivity index (χ1v) is 8.72. The summed E-state index contributed by atoms with van der Waals surface area (Å²) in [5.74, 6) is 0.341. The Bertz CT molecular complexity index is 983. The third kappa shape index (κ3) is 4.23. The zero-order valence-electron chi connectivity index (χ0n) is 15.3. The molecule has 2 aromatic carbocycles. The first-order chi connectivity index (χ1) is 13.1. The second-order valence-corrected chi connectivity index (χ2v) is 6.01. The van der Waals surface area contributed by atoms with Crippen LogP contribution in [0, 0.1) is 0 Å². The molecule has 0 fully saturated rings. The molecule has 1 N–H and O–H groups in total. The maximum atomic E-state index is 12.8. The molecule has 0 unspecified atom stereocenters. The van der Waals surface area contributed by atoms with Crippen LogP contribution in [0.4, 0.5) is 5.69 Å². The molecule has 1 atom stereocenters. The molecule has 3 rings (SSSR count). The molecule has 138 valence electrons. The monoisotopic (exact) mass is 363 g/mol. The van der Waals surface area contributed by atoms with Crippen LogP contribution in [0.15, 0.2) is 71.5 Å². The molecule has 0 bridgehead atoms. The van der Waals surface area contributed by atoms with E-state index in [0.29, 0.717) is 23.6 Å². The van der Waals surface area contributed by atoms with Crippen molar-refractivity contribution >= 4 is 11.6 Å². The van der Waals surface area contributed by atoms with E-state index in [-0.39, 0.29) is 11.5 Å². The molecule has 1 aromatic heterocycles. The van der Waals surface area contributed by atoms with Crippen LogP contribution < -0.4 is 15.6 Å². The molecule has 27 heavy (non-hydrogen) atoms. The van der Waals surface area contributed by atoms with Gasteiger partial charge in [0.25, 0.3) is 5.56 Å². The minimum Gasteiger partial charge on any atom is -0.497 e. The van der Waals surface area contributed by atoms with Gasteiger partial charge in [0.1, 0.15) is 11.8 Å². The number of aromatic nitrogens is 2. The smallest absolute Gasteiger partial charge is 0.267 e. The average molecular weight is 363 g/mol. The largest absolute Gasteiger partial charge is 0.497 e. The lowest BCUT2D eigenvalue weighted by Crippen LogP contribution is -2.34. The molecule has 0 saturated heterocycles. The van der Waals surface area contributed by atoms with Gasteiger partial charge < -0.3 is 10.1 Å². The van der Waals surface area contributed by atoms with Gasteiger partial charge in [-0.25, -0.2) is 4.68 Å². The van der Waals surface area contributed by atoms with Gasteiger partial charge >= 0.3 is 0 Å². The van der Waals surface area contributed by atoms with Gasteiger partial charge in [-0.15, -0.1) is 0 Å². The van der Waals surface area contributed by atoms with Crippen LogP contribution in [-0.4, -0.2) is 22.8 Å². The Hall–Kier alpha value is -3.41. The van der Waals surface area contributed by atoms with Gasteiger partial charge in [-0.2, -0.15) is 5.10 Å². The van der Waals surface area contributed by atoms with Crippen molar-refractivity contribution in [2.45, 2.75) is 19.4 Å². The summed E-state index contributed by atoms with van der Waals surface area (Å²) in [4.78, 5) is 25.2. The maximum absolute atomic E-state index is 12.8. The maximum Gasteiger partial charge on any atom is 0.267 e. The van der Waals surface area contributed by atoms with Crippen molar-refractivity contribution in [1.29, 1.82) is 0 Å². The van der Waals surface area contributed by atoms with Gasteiger partial charge in [-0.3, -0.25) is 9.59 Å². The first-order valence-electron chi connectivity index (χ1n) is 8.72. The average Bonchev–Trinajstić information content (AvgIpc) is 2.70. The highest BCUT2D eigenvalue weighted by molar-refractivity contribution is 5.93. The molecule has 0 saturated carbocycles. The Labute approximate surface area is 157 Å². The lowest BCUT2D eigenvalue weighted by atomic mass is 10.1. The Morgan fingerprint density at radius 3 is 2.59 bits per heavy atom. The summed E-state index contributed by atoms with van der Waals surface area (Å²) in [6, 6.07) is 19.0. The highest BCUT2D eigenvalue weighted by atomic mass is 16.5. The first kappa shape index (κ1) is 18.4. The second kappa shape index (κ2) is 8.31. The summed E-state index contributed by atoms with van der Waals surface area (Å²) in [5, 5.41) is 7.26. The van der Waals surface area contributed by atoms with E-state index in [1.54, 1.807) is 37.4 Å². The molecule has 1 amide bonds. The van der Waals surface area contributed by atoms with E-state index in [0.717, 1.165) is 5.56 Å². The fraction of sp³-hybridized carbons (Fsp3) is 0.190. The molecule has 3 aromatic rings. The van der Waals surface area contributed by atoms with Crippen LogP contribution >= 0.6 is 0 Å². The summed E-state index contributed by atoms with van der Waals surface area (Å²) in [5.41, 5.74) is 1.81. The molecule has 6 heteroatoms. The number of rotatable bonds is 6. The van der Waals surface area contributed by atoms with E-state index in [1.165, 1.54) is 10.7 Å². The third-order valence-corrected chi connectivity index (χ3v) is 4.22. The second-order valence-electron chi connectivity index (χ2n) is 6.01. The molecular weight excluding hydrogens is 342 g/mol. The minimum atomic E-state index is -0.715. The molecule has 0 aliphatic rings. The van der Waals surface area contributed by atoms with Gasteiger partial charge in [-0.05, 0) is 24.6 Å². The van der Waals surface area contributed by atoms with Crippen LogP contribution in [0.25, 0.3) is 11.3 Å². The normalized spacial score (nSPS) is 11.6. The van der Waals surface area contributed by atoms with Crippen molar-refractivity contribution in [2.24, 2.45) is 0 Å². The van der Waals surface area contributed by atoms with Crippen molar-refractivity contribution in [1.82, 2.24) is 9.78 Å². The van der Waals surface area contributed by atoms with Crippen molar-refractivity contribution in [3.8, 4) is 17.0 Å². The highest BCUT2D eigenvalue weighted by Crippen LogP contribution is 2.20. The van der Waals surface area contributed by atoms with Gasteiger partial charge in [0.2, 0.25) is 5.91 Å². The molecular formula is C21H21N3O3. The Balaban J connectivity index is 1.90. The quantitative estimate of drug-likeness (QED) is 0.727. The highest BCUT2D eigenvalue weighted by Gasteiger charge is 2.21. The summed E-state index contributed by atoms with van der Waals surface area (Å²) >= 11 is 0. The van der Waals surface area contributed by atoms with Crippen LogP contribution in [-0.2, 0) is 4.79 Å². The molecule has 0 aliphatic heterocycles. The number of carbonyl (C=O) groups excluding carboxylic acids is 1. The molecule has 0 spiro atoms. The number of ether oxygens (including phenoxy) is 1. The van der Waals surface area contributed by atoms with E-state index < -0.39 is 6.04 Å². The topological polar surface area (TPSA) is 73.2 Å². The number of methoxy groups -OCH3 is 1. The minimum absolute atomic E-state index is 0.300. The summed E-state index contributed by atoms with van der Waals surface area (Å²) < 4.78 is 6.42. The zero-order valence-corrected chi connectivity index (χ0v) is 15.3. The third-order valence-electron chi connectivity index (χ3n) is 4.22. The van der Waals surface area contributed by atoms with Gasteiger partial charge in [0.15, 0.2) is 0 Å². The standard InChI is InChI=1S/C21H21N3O3/c1-3-19(21(26)22-16-10-7-11-17(14-16)27-2)24-20(25)13-12-18(23-24)15-8-5-4-6-9-15/h4-14,19H,3H2,1-2H3,(H,22,26)/t19-/m0/s1. The number of carbonyl (C=O) groups is 1. The number of amides is 1. The fourth-order valence-electron chi connectivity index (χ4n) is 2.81. The molecule has 6 nitrogen and oxygen atoms in total. The Morgan fingerprint density at radius 2 is 1.89 bits per heavy atom. The van der Waals surface area contributed by atoms with E-state index in [1.807, 2.05) is 37.3 Å². The Kier molecular flexibility index (Phi) is 5.66. The lowest BCUT2D eigenvalue weighted by molar-refractivity contribution is -0.119. The van der Waals surface area contributed by atoms with Crippen molar-refractivity contribution in [3.63, 3.8) is 0 Å². The van der Waals surface area contributed by atoms with Crippen LogP contribution in [0.5, 0.6) is 5.75 Å². The summed E-state index contributed by atoms with van der Waals surface area (Å²) in [6.07, 6.45) is 0.431. The number of nitrogens with one attached hydrogen (secondary N) is 1.